The van der Waals surface area contributed by atoms with Gasteiger partial charge in [0.25, 0.3) is 5.56 Å². The van der Waals surface area contributed by atoms with E-state index in [1.54, 1.807) is 25.1 Å². The highest BCUT2D eigenvalue weighted by molar-refractivity contribution is 5.96. The maximum atomic E-state index is 12.1. The van der Waals surface area contributed by atoms with Crippen LogP contribution in [0.3, 0.4) is 0 Å². The first-order valence-electron chi connectivity index (χ1n) is 9.00. The van der Waals surface area contributed by atoms with Crippen molar-refractivity contribution in [1.29, 1.82) is 0 Å². The number of H-pyrrole nitrogens is 1. The van der Waals surface area contributed by atoms with E-state index in [-0.39, 0.29) is 35.1 Å². The zero-order chi connectivity index (χ0) is 22.7. The number of hydrogen-bond acceptors (Lipinski definition) is 8. The summed E-state index contributed by atoms with van der Waals surface area (Å²) in [6.07, 6.45) is 0. The average molecular weight is 425 g/mol. The maximum Gasteiger partial charge on any atom is 0.335 e. The molecular weight excluding hydrogens is 406 g/mol. The van der Waals surface area contributed by atoms with Crippen LogP contribution in [-0.4, -0.2) is 38.7 Å². The van der Waals surface area contributed by atoms with E-state index in [4.69, 9.17) is 16.3 Å². The normalized spacial score (nSPS) is 10.5. The van der Waals surface area contributed by atoms with E-state index in [9.17, 15) is 24.6 Å². The van der Waals surface area contributed by atoms with Crippen LogP contribution >= 0.6 is 0 Å². The van der Waals surface area contributed by atoms with Crippen molar-refractivity contribution in [3.05, 3.63) is 57.9 Å². The summed E-state index contributed by atoms with van der Waals surface area (Å²) in [5.74, 6) is 3.33. The van der Waals surface area contributed by atoms with Crippen molar-refractivity contribution in [2.75, 3.05) is 17.8 Å². The van der Waals surface area contributed by atoms with Crippen LogP contribution in [0.25, 0.3) is 22.5 Å². The Labute approximate surface area is 175 Å². The number of nitrogens with zero attached hydrogens (tertiary/aromatic N) is 1. The molecule has 0 fully saturated rings. The molecule has 0 bridgehead atoms. The molecule has 2 aromatic carbocycles. The maximum absolute atomic E-state index is 12.1. The van der Waals surface area contributed by atoms with Crippen LogP contribution in [0.5, 0.6) is 5.75 Å². The quantitative estimate of drug-likeness (QED) is 0.240. The van der Waals surface area contributed by atoms with Crippen molar-refractivity contribution in [2.45, 2.75) is 6.92 Å². The number of aromatic carboxylic acids is 2. The van der Waals surface area contributed by atoms with Crippen LogP contribution in [0.2, 0.25) is 0 Å². The predicted octanol–water partition coefficient (Wildman–Crippen LogP) is 1.77. The lowest BCUT2D eigenvalue weighted by Gasteiger charge is -2.14. The van der Waals surface area contributed by atoms with Crippen LogP contribution in [0.1, 0.15) is 27.6 Å². The molecule has 0 spiro atoms. The second kappa shape index (κ2) is 8.55. The fourth-order valence-electron chi connectivity index (χ4n) is 2.93. The molecule has 11 heteroatoms. The molecule has 3 rings (SSSR count). The number of ether oxygens (including phenoxy) is 1. The summed E-state index contributed by atoms with van der Waals surface area (Å²) >= 11 is 0. The summed E-state index contributed by atoms with van der Waals surface area (Å²) in [5.41, 5.74) is 8.10. The van der Waals surface area contributed by atoms with Gasteiger partial charge in [-0.3, -0.25) is 4.79 Å². The average Bonchev–Trinajstić information content (AvgIpc) is 2.75. The topological polar surface area (TPSA) is 194 Å². The summed E-state index contributed by atoms with van der Waals surface area (Å²) in [5, 5.41) is 18.6. The molecule has 0 aliphatic carbocycles. The number of hydrogen-bond donors (Lipinski definition) is 6. The Kier molecular flexibility index (Phi) is 5.88. The second-order valence-electron chi connectivity index (χ2n) is 6.37. The van der Waals surface area contributed by atoms with E-state index in [1.807, 2.05) is 0 Å². The first-order chi connectivity index (χ1) is 14.7. The molecule has 1 aromatic heterocycles. The molecule has 0 unspecified atom stereocenters. The molecule has 0 saturated heterocycles. The molecule has 0 amide bonds. The Morgan fingerprint density at radius 3 is 2.29 bits per heavy atom. The molecular formula is C20H19N5O6. The third kappa shape index (κ3) is 4.31. The molecule has 0 saturated carbocycles. The van der Waals surface area contributed by atoms with Crippen molar-refractivity contribution in [3.63, 3.8) is 0 Å². The standard InChI is InChI=1S/C20H19N5O6/c1-2-31-14-8-9(10-5-11(19(27)28)7-12(6-10)20(29)30)3-4-13(14)16-23-17(25-22)15(21)18(26)24-16/h3-8H,2,21-22H2,1H3,(H,27,28)(H,29,30)(H2,23,24,25,26). The summed E-state index contributed by atoms with van der Waals surface area (Å²) in [7, 11) is 0. The summed E-state index contributed by atoms with van der Waals surface area (Å²) in [4.78, 5) is 41.6. The van der Waals surface area contributed by atoms with Crippen molar-refractivity contribution < 1.29 is 24.5 Å². The molecule has 31 heavy (non-hydrogen) atoms. The molecule has 160 valence electrons. The molecule has 0 radical (unpaired) electrons. The molecule has 11 nitrogen and oxygen atoms in total. The summed E-state index contributed by atoms with van der Waals surface area (Å²) in [6, 6.07) is 8.62. The lowest BCUT2D eigenvalue weighted by molar-refractivity contribution is 0.0696. The highest BCUT2D eigenvalue weighted by atomic mass is 16.5. The molecule has 0 aliphatic heterocycles. The Morgan fingerprint density at radius 1 is 1.10 bits per heavy atom. The van der Waals surface area contributed by atoms with Crippen molar-refractivity contribution in [2.24, 2.45) is 5.84 Å². The van der Waals surface area contributed by atoms with Gasteiger partial charge in [-0.25, -0.2) is 20.4 Å². The number of carboxylic acids is 2. The lowest BCUT2D eigenvalue weighted by Crippen LogP contribution is -2.20. The minimum absolute atomic E-state index is 0.00876. The number of nitrogen functional groups attached to an aromatic ring is 2. The van der Waals surface area contributed by atoms with Crippen LogP contribution in [0, 0.1) is 0 Å². The van der Waals surface area contributed by atoms with Crippen molar-refractivity contribution >= 4 is 23.4 Å². The van der Waals surface area contributed by atoms with Gasteiger partial charge in [0, 0.05) is 0 Å². The highest BCUT2D eigenvalue weighted by Crippen LogP contribution is 2.34. The van der Waals surface area contributed by atoms with E-state index in [2.05, 4.69) is 15.4 Å². The van der Waals surface area contributed by atoms with Gasteiger partial charge in [-0.05, 0) is 48.4 Å². The van der Waals surface area contributed by atoms with Gasteiger partial charge in [0.15, 0.2) is 5.82 Å². The zero-order valence-corrected chi connectivity index (χ0v) is 16.3. The SMILES string of the molecule is CCOc1cc(-c2cc(C(=O)O)cc(C(=O)O)c2)ccc1-c1nc(NN)c(N)c(=O)[nH]1. The van der Waals surface area contributed by atoms with E-state index < -0.39 is 17.5 Å². The third-order valence-corrected chi connectivity index (χ3v) is 4.39. The van der Waals surface area contributed by atoms with E-state index >= 15 is 0 Å². The lowest BCUT2D eigenvalue weighted by atomic mass is 9.98. The van der Waals surface area contributed by atoms with E-state index in [1.165, 1.54) is 12.1 Å². The van der Waals surface area contributed by atoms with Crippen LogP contribution < -0.4 is 27.3 Å². The largest absolute Gasteiger partial charge is 0.493 e. The van der Waals surface area contributed by atoms with Crippen molar-refractivity contribution in [1.82, 2.24) is 9.97 Å². The Hall–Kier alpha value is -4.38. The first kappa shape index (κ1) is 21.3. The van der Waals surface area contributed by atoms with Gasteiger partial charge >= 0.3 is 11.9 Å². The molecule has 1 heterocycles. The number of hydrazine groups is 1. The van der Waals surface area contributed by atoms with Crippen LogP contribution in [-0.2, 0) is 0 Å². The van der Waals surface area contributed by atoms with Crippen LogP contribution in [0.4, 0.5) is 11.5 Å². The highest BCUT2D eigenvalue weighted by Gasteiger charge is 2.17. The van der Waals surface area contributed by atoms with E-state index in [0.717, 1.165) is 6.07 Å². The van der Waals surface area contributed by atoms with Gasteiger partial charge in [-0.1, -0.05) is 6.07 Å². The minimum Gasteiger partial charge on any atom is -0.493 e. The third-order valence-electron chi connectivity index (χ3n) is 4.39. The number of aromatic nitrogens is 2. The van der Waals surface area contributed by atoms with E-state index in [0.29, 0.717) is 22.4 Å². The number of rotatable bonds is 7. The minimum atomic E-state index is -1.25. The number of carboxylic acid groups (broad SMARTS) is 2. The van der Waals surface area contributed by atoms with Gasteiger partial charge in [0.05, 0.1) is 23.3 Å². The fourth-order valence-corrected chi connectivity index (χ4v) is 2.93. The number of nitrogens with one attached hydrogen (secondary N) is 2. The van der Waals surface area contributed by atoms with Crippen molar-refractivity contribution in [3.8, 4) is 28.3 Å². The number of anilines is 2. The number of nitrogens with two attached hydrogens (primary N) is 2. The number of aromatic amines is 1. The Balaban J connectivity index is 2.18. The zero-order valence-electron chi connectivity index (χ0n) is 16.3. The first-order valence-corrected chi connectivity index (χ1v) is 9.00. The smallest absolute Gasteiger partial charge is 0.335 e. The fraction of sp³-hybridized carbons (Fsp3) is 0.100. The monoisotopic (exact) mass is 425 g/mol. The number of carbonyl (C=O) groups is 2. The molecule has 0 aliphatic rings. The molecule has 0 atom stereocenters. The van der Waals surface area contributed by atoms with Gasteiger partial charge < -0.3 is 31.1 Å². The van der Waals surface area contributed by atoms with Gasteiger partial charge in [-0.2, -0.15) is 0 Å². The molecule has 3 aromatic rings. The summed E-state index contributed by atoms with van der Waals surface area (Å²) < 4.78 is 5.67. The Bertz CT molecular complexity index is 1200. The van der Waals surface area contributed by atoms with Gasteiger partial charge in [0.2, 0.25) is 0 Å². The summed E-state index contributed by atoms with van der Waals surface area (Å²) in [6.45, 7) is 2.04. The molecule has 8 N–H and O–H groups in total. The number of benzene rings is 2. The Morgan fingerprint density at radius 2 is 1.74 bits per heavy atom. The predicted molar refractivity (Wildman–Crippen MR) is 113 cm³/mol. The van der Waals surface area contributed by atoms with Gasteiger partial charge in [0.1, 0.15) is 17.3 Å². The van der Waals surface area contributed by atoms with Gasteiger partial charge in [-0.15, -0.1) is 0 Å². The second-order valence-corrected chi connectivity index (χ2v) is 6.37. The van der Waals surface area contributed by atoms with Crippen LogP contribution in [0.15, 0.2) is 41.2 Å².